The van der Waals surface area contributed by atoms with E-state index in [0.29, 0.717) is 12.1 Å². The first-order valence-corrected chi connectivity index (χ1v) is 7.48. The van der Waals surface area contributed by atoms with Crippen LogP contribution < -0.4 is 0 Å². The Kier molecular flexibility index (Phi) is 6.95. The molecule has 0 radical (unpaired) electrons. The van der Waals surface area contributed by atoms with Crippen molar-refractivity contribution >= 4 is 28.4 Å². The first-order valence-electron chi connectivity index (χ1n) is 7.48. The molecular weight excluding hydrogens is 414 g/mol. The van der Waals surface area contributed by atoms with E-state index in [4.69, 9.17) is 0 Å². The van der Waals surface area contributed by atoms with E-state index in [2.05, 4.69) is 0 Å². The van der Waals surface area contributed by atoms with Crippen molar-refractivity contribution in [3.05, 3.63) is 86.0 Å². The number of nitro benzene ring substituents is 5. The van der Waals surface area contributed by atoms with Gasteiger partial charge in [-0.3, -0.25) is 50.6 Å². The fourth-order valence-electron chi connectivity index (χ4n) is 2.14. The SMILES string of the molecule is Cc1c([N+](=O)[O-])cc([N+](=O)[O-])cc1[N+](=O)[O-].Cc1cc([N+](=O)[O-])cc([N+](=O)[O-])c1O. The molecule has 158 valence electrons. The van der Waals surface area contributed by atoms with Crippen molar-refractivity contribution in [2.24, 2.45) is 0 Å². The van der Waals surface area contributed by atoms with Gasteiger partial charge in [-0.15, -0.1) is 0 Å². The van der Waals surface area contributed by atoms with E-state index in [1.807, 2.05) is 0 Å². The zero-order valence-electron chi connectivity index (χ0n) is 15.1. The number of benzene rings is 2. The van der Waals surface area contributed by atoms with Crippen molar-refractivity contribution in [2.75, 3.05) is 0 Å². The van der Waals surface area contributed by atoms with Crippen LogP contribution >= 0.6 is 0 Å². The third-order valence-corrected chi connectivity index (χ3v) is 3.61. The third kappa shape index (κ3) is 5.15. The number of aryl methyl sites for hydroxylation is 1. The summed E-state index contributed by atoms with van der Waals surface area (Å²) in [6.07, 6.45) is 0. The van der Waals surface area contributed by atoms with Crippen molar-refractivity contribution in [1.82, 2.24) is 0 Å². The molecule has 1 N–H and O–H groups in total. The van der Waals surface area contributed by atoms with Crippen LogP contribution in [0.25, 0.3) is 0 Å². The van der Waals surface area contributed by atoms with Gasteiger partial charge >= 0.3 is 5.69 Å². The summed E-state index contributed by atoms with van der Waals surface area (Å²) in [7, 11) is 0. The van der Waals surface area contributed by atoms with E-state index in [9.17, 15) is 55.7 Å². The summed E-state index contributed by atoms with van der Waals surface area (Å²) in [5.41, 5.74) is -3.12. The number of hydrogen-bond donors (Lipinski definition) is 1. The van der Waals surface area contributed by atoms with Gasteiger partial charge in [0, 0.05) is 11.6 Å². The number of nitrogens with zero attached hydrogens (tertiary/aromatic N) is 5. The van der Waals surface area contributed by atoms with Gasteiger partial charge in [0.2, 0.25) is 0 Å². The minimum Gasteiger partial charge on any atom is -0.502 e. The van der Waals surface area contributed by atoms with E-state index >= 15 is 0 Å². The van der Waals surface area contributed by atoms with Gasteiger partial charge in [-0.05, 0) is 13.8 Å². The number of hydrogen-bond acceptors (Lipinski definition) is 11. The second kappa shape index (κ2) is 8.95. The van der Waals surface area contributed by atoms with Crippen LogP contribution in [0.3, 0.4) is 0 Å². The van der Waals surface area contributed by atoms with Crippen LogP contribution in [-0.4, -0.2) is 29.7 Å². The maximum Gasteiger partial charge on any atom is 0.317 e. The Morgan fingerprint density at radius 3 is 1.27 bits per heavy atom. The lowest BCUT2D eigenvalue weighted by molar-refractivity contribution is -0.403. The van der Waals surface area contributed by atoms with Crippen LogP contribution in [0.2, 0.25) is 0 Å². The molecule has 0 aromatic heterocycles. The lowest BCUT2D eigenvalue weighted by Crippen LogP contribution is -2.00. The number of aromatic hydroxyl groups is 1. The second-order valence-corrected chi connectivity index (χ2v) is 5.52. The lowest BCUT2D eigenvalue weighted by Gasteiger charge is -1.99. The summed E-state index contributed by atoms with van der Waals surface area (Å²) < 4.78 is 0. The molecule has 0 aliphatic carbocycles. The molecule has 0 saturated carbocycles. The smallest absolute Gasteiger partial charge is 0.317 e. The Labute approximate surface area is 164 Å². The predicted molar refractivity (Wildman–Crippen MR) is 97.3 cm³/mol. The van der Waals surface area contributed by atoms with Gasteiger partial charge in [-0.25, -0.2) is 0 Å². The molecule has 0 unspecified atom stereocenters. The highest BCUT2D eigenvalue weighted by molar-refractivity contribution is 5.60. The van der Waals surface area contributed by atoms with Crippen molar-refractivity contribution in [2.45, 2.75) is 13.8 Å². The van der Waals surface area contributed by atoms with Crippen molar-refractivity contribution in [3.8, 4) is 5.75 Å². The van der Waals surface area contributed by atoms with E-state index < -0.39 is 58.8 Å². The van der Waals surface area contributed by atoms with Crippen molar-refractivity contribution < 1.29 is 29.7 Å². The molecule has 0 bridgehead atoms. The first kappa shape index (κ1) is 23.3. The summed E-state index contributed by atoms with van der Waals surface area (Å²) in [4.78, 5) is 47.9. The van der Waals surface area contributed by atoms with Gasteiger partial charge in [0.25, 0.3) is 22.7 Å². The topological polar surface area (TPSA) is 236 Å². The molecule has 0 fully saturated rings. The number of rotatable bonds is 5. The van der Waals surface area contributed by atoms with E-state index in [-0.39, 0.29) is 11.1 Å². The Morgan fingerprint density at radius 2 is 0.933 bits per heavy atom. The molecule has 0 heterocycles. The van der Waals surface area contributed by atoms with E-state index in [1.54, 1.807) is 0 Å². The van der Waals surface area contributed by atoms with Gasteiger partial charge in [-0.1, -0.05) is 0 Å². The molecule has 0 atom stereocenters. The van der Waals surface area contributed by atoms with Gasteiger partial charge in [0.05, 0.1) is 42.8 Å². The summed E-state index contributed by atoms with van der Waals surface area (Å²) in [5, 5.41) is 61.4. The molecule has 0 amide bonds. The highest BCUT2D eigenvalue weighted by Gasteiger charge is 2.27. The number of nitro groups is 5. The van der Waals surface area contributed by atoms with Crippen molar-refractivity contribution in [3.63, 3.8) is 0 Å². The highest BCUT2D eigenvalue weighted by Crippen LogP contribution is 2.34. The highest BCUT2D eigenvalue weighted by atomic mass is 16.6. The average molecular weight is 425 g/mol. The quantitative estimate of drug-likeness (QED) is 0.538. The van der Waals surface area contributed by atoms with Crippen LogP contribution in [0.1, 0.15) is 11.1 Å². The fourth-order valence-corrected chi connectivity index (χ4v) is 2.14. The molecule has 2 rings (SSSR count). The average Bonchev–Trinajstić information content (AvgIpc) is 2.63. The molecule has 16 heteroatoms. The standard InChI is InChI=1S/C7H5N3O6.C7H6N2O5/c1-4-6(9(13)14)2-5(8(11)12)3-7(4)10(15)16;1-4-2-5(8(11)12)3-6(7(4)10)9(13)14/h2-3H,1H3;2-3,10H,1H3. The summed E-state index contributed by atoms with van der Waals surface area (Å²) in [6, 6.07) is 3.19. The molecule has 16 nitrogen and oxygen atoms in total. The molecule has 0 aliphatic rings. The monoisotopic (exact) mass is 425 g/mol. The molecule has 0 spiro atoms. The normalized spacial score (nSPS) is 9.80. The Balaban J connectivity index is 0.000000303. The number of non-ortho nitro benzene ring substituents is 2. The van der Waals surface area contributed by atoms with Gasteiger partial charge in [0.1, 0.15) is 5.56 Å². The summed E-state index contributed by atoms with van der Waals surface area (Å²) in [6.45, 7) is 2.52. The Hall–Kier alpha value is -4.76. The molecular formula is C14H11N5O11. The zero-order valence-corrected chi connectivity index (χ0v) is 15.1. The van der Waals surface area contributed by atoms with Crippen LogP contribution in [0, 0.1) is 64.4 Å². The maximum absolute atomic E-state index is 10.5. The molecule has 0 aliphatic heterocycles. The largest absolute Gasteiger partial charge is 0.502 e. The first-order chi connectivity index (χ1) is 13.8. The summed E-state index contributed by atoms with van der Waals surface area (Å²) in [5.74, 6) is -0.541. The van der Waals surface area contributed by atoms with Crippen molar-refractivity contribution in [1.29, 1.82) is 0 Å². The Morgan fingerprint density at radius 1 is 0.600 bits per heavy atom. The van der Waals surface area contributed by atoms with Crippen LogP contribution in [0.5, 0.6) is 5.75 Å². The van der Waals surface area contributed by atoms with Crippen LogP contribution in [0.4, 0.5) is 28.4 Å². The van der Waals surface area contributed by atoms with Gasteiger partial charge < -0.3 is 5.11 Å². The van der Waals surface area contributed by atoms with Crippen LogP contribution in [0.15, 0.2) is 24.3 Å². The third-order valence-electron chi connectivity index (χ3n) is 3.61. The number of phenols is 1. The van der Waals surface area contributed by atoms with Crippen LogP contribution in [-0.2, 0) is 0 Å². The van der Waals surface area contributed by atoms with E-state index in [0.717, 1.165) is 12.1 Å². The van der Waals surface area contributed by atoms with Gasteiger partial charge in [-0.2, -0.15) is 0 Å². The lowest BCUT2D eigenvalue weighted by atomic mass is 10.1. The maximum atomic E-state index is 10.5. The minimum atomic E-state index is -0.917. The van der Waals surface area contributed by atoms with E-state index in [1.165, 1.54) is 13.8 Å². The zero-order chi connectivity index (χ0) is 23.3. The molecule has 30 heavy (non-hydrogen) atoms. The Bertz CT molecular complexity index is 1050. The molecule has 0 saturated heterocycles. The van der Waals surface area contributed by atoms with Gasteiger partial charge in [0.15, 0.2) is 5.75 Å². The summed E-state index contributed by atoms with van der Waals surface area (Å²) >= 11 is 0. The molecule has 2 aromatic carbocycles. The number of phenolic OH excluding ortho intramolecular Hbond substituents is 1. The minimum absolute atomic E-state index is 0.103. The fraction of sp³-hybridized carbons (Fsp3) is 0.143. The second-order valence-electron chi connectivity index (χ2n) is 5.52. The molecule has 2 aromatic rings. The predicted octanol–water partition coefficient (Wildman–Crippen LogP) is 3.24.